The highest BCUT2D eigenvalue weighted by Crippen LogP contribution is 2.31. The number of benzene rings is 2. The van der Waals surface area contributed by atoms with Crippen molar-refractivity contribution in [3.8, 4) is 11.1 Å². The van der Waals surface area contributed by atoms with Crippen LogP contribution >= 0.6 is 27.3 Å². The summed E-state index contributed by atoms with van der Waals surface area (Å²) in [5, 5.41) is 5.46. The third kappa shape index (κ3) is 4.34. The Morgan fingerprint density at radius 1 is 1.16 bits per heavy atom. The Morgan fingerprint density at radius 2 is 1.84 bits per heavy atom. The summed E-state index contributed by atoms with van der Waals surface area (Å²) in [6.07, 6.45) is 1.96. The lowest BCUT2D eigenvalue weighted by atomic mass is 10.1. The van der Waals surface area contributed by atoms with Crippen molar-refractivity contribution in [1.82, 2.24) is 9.55 Å². The number of carbonyl (C=O) groups excluding carboxylic acids is 1. The van der Waals surface area contributed by atoms with Crippen LogP contribution in [-0.4, -0.2) is 15.5 Å². The average molecular weight is 496 g/mol. The highest BCUT2D eigenvalue weighted by atomic mass is 79.9. The summed E-state index contributed by atoms with van der Waals surface area (Å²) >= 11 is 4.88. The summed E-state index contributed by atoms with van der Waals surface area (Å²) < 4.78 is 2.43. The molecule has 1 N–H and O–H groups in total. The summed E-state index contributed by atoms with van der Waals surface area (Å²) in [4.78, 5) is 31.7. The molecule has 2 heterocycles. The van der Waals surface area contributed by atoms with E-state index in [1.807, 2.05) is 62.5 Å². The molecule has 4 aromatic rings. The summed E-state index contributed by atoms with van der Waals surface area (Å²) in [5.74, 6) is -0.226. The summed E-state index contributed by atoms with van der Waals surface area (Å²) in [7, 11) is 0. The van der Waals surface area contributed by atoms with Crippen molar-refractivity contribution in [2.75, 3.05) is 5.32 Å². The van der Waals surface area contributed by atoms with Crippen LogP contribution < -0.4 is 10.9 Å². The number of nitrogens with zero attached hydrogens (tertiary/aromatic N) is 2. The lowest BCUT2D eigenvalue weighted by Crippen LogP contribution is -2.33. The molecule has 5 nitrogen and oxygen atoms in total. The van der Waals surface area contributed by atoms with Gasteiger partial charge in [0.1, 0.15) is 10.9 Å². The zero-order valence-electron chi connectivity index (χ0n) is 17.5. The minimum absolute atomic E-state index is 0.202. The molecule has 4 rings (SSSR count). The minimum Gasteiger partial charge on any atom is -0.324 e. The van der Waals surface area contributed by atoms with E-state index in [0.717, 1.165) is 32.4 Å². The maximum atomic E-state index is 13.5. The number of halogens is 1. The Balaban J connectivity index is 1.74. The van der Waals surface area contributed by atoms with Crippen molar-refractivity contribution in [3.05, 3.63) is 80.1 Å². The van der Waals surface area contributed by atoms with Gasteiger partial charge in [0.25, 0.3) is 5.56 Å². The number of thiophene rings is 1. The molecule has 158 valence electrons. The number of carbonyl (C=O) groups is 1. The van der Waals surface area contributed by atoms with Crippen molar-refractivity contribution < 1.29 is 4.79 Å². The number of hydrogen-bond acceptors (Lipinski definition) is 4. The van der Waals surface area contributed by atoms with Gasteiger partial charge in [-0.15, -0.1) is 11.3 Å². The first-order chi connectivity index (χ1) is 14.9. The second-order valence-electron chi connectivity index (χ2n) is 7.58. The van der Waals surface area contributed by atoms with Crippen LogP contribution in [0.4, 0.5) is 5.69 Å². The highest BCUT2D eigenvalue weighted by molar-refractivity contribution is 9.10. The van der Waals surface area contributed by atoms with Gasteiger partial charge in [-0.3, -0.25) is 14.2 Å². The number of aromatic nitrogens is 2. The first kappa shape index (κ1) is 21.5. The van der Waals surface area contributed by atoms with Crippen LogP contribution in [0.1, 0.15) is 30.5 Å². The lowest BCUT2D eigenvalue weighted by Gasteiger charge is -2.18. The maximum absolute atomic E-state index is 13.5. The van der Waals surface area contributed by atoms with Crippen molar-refractivity contribution in [2.45, 2.75) is 33.2 Å². The molecule has 0 saturated heterocycles. The number of aryl methyl sites for hydroxylation is 2. The summed E-state index contributed by atoms with van der Waals surface area (Å²) in [6, 6.07) is 13.1. The van der Waals surface area contributed by atoms with Crippen LogP contribution in [0.3, 0.4) is 0 Å². The number of rotatable bonds is 5. The fourth-order valence-corrected chi connectivity index (χ4v) is 4.96. The van der Waals surface area contributed by atoms with E-state index in [9.17, 15) is 9.59 Å². The molecule has 0 saturated carbocycles. The molecule has 0 spiro atoms. The lowest BCUT2D eigenvalue weighted by molar-refractivity contribution is -0.119. The number of nitrogens with one attached hydrogen (secondary N) is 1. The average Bonchev–Trinajstić information content (AvgIpc) is 3.15. The molecule has 0 radical (unpaired) electrons. The van der Waals surface area contributed by atoms with E-state index in [1.165, 1.54) is 22.2 Å². The fourth-order valence-electron chi connectivity index (χ4n) is 3.79. The molecule has 0 aliphatic rings. The van der Waals surface area contributed by atoms with Crippen LogP contribution in [0.2, 0.25) is 0 Å². The van der Waals surface area contributed by atoms with Gasteiger partial charge in [-0.25, -0.2) is 4.98 Å². The largest absolute Gasteiger partial charge is 0.324 e. The van der Waals surface area contributed by atoms with Crippen LogP contribution in [0.15, 0.2) is 63.4 Å². The number of hydrogen-bond donors (Lipinski definition) is 1. The van der Waals surface area contributed by atoms with Crippen molar-refractivity contribution >= 4 is 49.1 Å². The standard InChI is InChI=1S/C24H22BrN3O2S/c1-4-20(22(29)27-18-10-14(2)9-15(3)11-18)28-13-26-23-21(24(28)30)19(12-31-23)16-5-7-17(25)8-6-16/h5-13,20H,4H2,1-3H3,(H,27,29). The number of amides is 1. The smallest absolute Gasteiger partial charge is 0.263 e. The molecule has 2 aromatic carbocycles. The fraction of sp³-hybridized carbons (Fsp3) is 0.208. The summed E-state index contributed by atoms with van der Waals surface area (Å²) in [6.45, 7) is 5.87. The minimum atomic E-state index is -0.650. The monoisotopic (exact) mass is 495 g/mol. The van der Waals surface area contributed by atoms with Crippen LogP contribution in [0.5, 0.6) is 0 Å². The van der Waals surface area contributed by atoms with E-state index >= 15 is 0 Å². The molecule has 1 amide bonds. The highest BCUT2D eigenvalue weighted by Gasteiger charge is 2.23. The van der Waals surface area contributed by atoms with E-state index in [1.54, 1.807) is 0 Å². The van der Waals surface area contributed by atoms with Crippen LogP contribution in [0.25, 0.3) is 21.3 Å². The predicted octanol–water partition coefficient (Wildman–Crippen LogP) is 6.09. The quantitative estimate of drug-likeness (QED) is 0.364. The van der Waals surface area contributed by atoms with E-state index in [-0.39, 0.29) is 11.5 Å². The topological polar surface area (TPSA) is 64.0 Å². The molecule has 0 aliphatic heterocycles. The molecule has 2 aromatic heterocycles. The van der Waals surface area contributed by atoms with Crippen molar-refractivity contribution in [1.29, 1.82) is 0 Å². The van der Waals surface area contributed by atoms with Crippen LogP contribution in [-0.2, 0) is 4.79 Å². The third-order valence-electron chi connectivity index (χ3n) is 5.19. The normalized spacial score (nSPS) is 12.1. The Kier molecular flexibility index (Phi) is 6.07. The number of fused-ring (bicyclic) bond motifs is 1. The van der Waals surface area contributed by atoms with Crippen molar-refractivity contribution in [3.63, 3.8) is 0 Å². The molecule has 0 aliphatic carbocycles. The van der Waals surface area contributed by atoms with Gasteiger partial charge in [-0.1, -0.05) is 41.1 Å². The maximum Gasteiger partial charge on any atom is 0.263 e. The van der Waals surface area contributed by atoms with Gasteiger partial charge in [-0.2, -0.15) is 0 Å². The molecule has 7 heteroatoms. The molecule has 0 bridgehead atoms. The molecular formula is C24H22BrN3O2S. The third-order valence-corrected chi connectivity index (χ3v) is 6.60. The predicted molar refractivity (Wildman–Crippen MR) is 131 cm³/mol. The van der Waals surface area contributed by atoms with E-state index in [4.69, 9.17) is 0 Å². The summed E-state index contributed by atoms with van der Waals surface area (Å²) in [5.41, 5.74) is 4.45. The van der Waals surface area contributed by atoms with E-state index < -0.39 is 6.04 Å². The van der Waals surface area contributed by atoms with Gasteiger partial charge in [0, 0.05) is 21.1 Å². The molecule has 0 fully saturated rings. The van der Waals surface area contributed by atoms with E-state index in [0.29, 0.717) is 16.6 Å². The molecule has 1 unspecified atom stereocenters. The van der Waals surface area contributed by atoms with Gasteiger partial charge in [0.05, 0.1) is 11.7 Å². The molecular weight excluding hydrogens is 474 g/mol. The molecule has 31 heavy (non-hydrogen) atoms. The zero-order valence-corrected chi connectivity index (χ0v) is 19.9. The second kappa shape index (κ2) is 8.77. The number of anilines is 1. The van der Waals surface area contributed by atoms with Crippen LogP contribution in [0, 0.1) is 13.8 Å². The first-order valence-electron chi connectivity index (χ1n) is 10.0. The van der Waals surface area contributed by atoms with Gasteiger partial charge in [0.15, 0.2) is 0 Å². The van der Waals surface area contributed by atoms with Gasteiger partial charge in [0.2, 0.25) is 5.91 Å². The van der Waals surface area contributed by atoms with Crippen molar-refractivity contribution in [2.24, 2.45) is 0 Å². The SMILES string of the molecule is CCC(C(=O)Nc1cc(C)cc(C)c1)n1cnc2scc(-c3ccc(Br)cc3)c2c1=O. The Hall–Kier alpha value is -2.77. The second-order valence-corrected chi connectivity index (χ2v) is 9.36. The first-order valence-corrected chi connectivity index (χ1v) is 11.7. The van der Waals surface area contributed by atoms with Gasteiger partial charge < -0.3 is 5.32 Å². The Bertz CT molecular complexity index is 1300. The van der Waals surface area contributed by atoms with Gasteiger partial charge >= 0.3 is 0 Å². The Morgan fingerprint density at radius 3 is 2.48 bits per heavy atom. The molecule has 1 atom stereocenters. The zero-order chi connectivity index (χ0) is 22.1. The van der Waals surface area contributed by atoms with E-state index in [2.05, 4.69) is 32.3 Å². The Labute approximate surface area is 192 Å². The van der Waals surface area contributed by atoms with Gasteiger partial charge in [-0.05, 0) is 61.2 Å².